The lowest BCUT2D eigenvalue weighted by Gasteiger charge is -2.06. The molecule has 20 heavy (non-hydrogen) atoms. The van der Waals surface area contributed by atoms with Gasteiger partial charge in [0, 0.05) is 18.2 Å². The van der Waals surface area contributed by atoms with Gasteiger partial charge in [0.15, 0.2) is 0 Å². The highest BCUT2D eigenvalue weighted by Crippen LogP contribution is 2.23. The molecule has 5 nitrogen and oxygen atoms in total. The van der Waals surface area contributed by atoms with E-state index in [1.165, 1.54) is 5.56 Å². The van der Waals surface area contributed by atoms with Gasteiger partial charge in [-0.2, -0.15) is 0 Å². The van der Waals surface area contributed by atoms with E-state index in [0.29, 0.717) is 18.2 Å². The van der Waals surface area contributed by atoms with Crippen molar-refractivity contribution in [2.75, 3.05) is 11.9 Å². The molecule has 0 saturated carbocycles. The fraction of sp³-hybridized carbons (Fsp3) is 0.333. The first-order chi connectivity index (χ1) is 9.72. The van der Waals surface area contributed by atoms with Crippen LogP contribution in [0, 0.1) is 6.92 Å². The van der Waals surface area contributed by atoms with Crippen LogP contribution in [0.15, 0.2) is 34.9 Å². The lowest BCUT2D eigenvalue weighted by Crippen LogP contribution is -2.26. The maximum Gasteiger partial charge on any atom is 0.255 e. The van der Waals surface area contributed by atoms with E-state index in [4.69, 9.17) is 9.26 Å². The number of carbonyl (C=O) groups is 1. The smallest absolute Gasteiger partial charge is 0.255 e. The molecule has 104 valence electrons. The fourth-order valence-electron chi connectivity index (χ4n) is 2.18. The van der Waals surface area contributed by atoms with Crippen molar-refractivity contribution < 1.29 is 14.1 Å². The number of nitrogens with zero attached hydrogens (tertiary/aromatic N) is 1. The third-order valence-electron chi connectivity index (χ3n) is 3.33. The quantitative estimate of drug-likeness (QED) is 0.933. The molecule has 1 atom stereocenters. The van der Waals surface area contributed by atoms with Crippen LogP contribution in [0.2, 0.25) is 0 Å². The third-order valence-corrected chi connectivity index (χ3v) is 3.33. The van der Waals surface area contributed by atoms with Crippen molar-refractivity contribution in [1.82, 2.24) is 5.16 Å². The van der Waals surface area contributed by atoms with Gasteiger partial charge < -0.3 is 9.26 Å². The van der Waals surface area contributed by atoms with Crippen LogP contribution in [0.3, 0.4) is 0 Å². The lowest BCUT2D eigenvalue weighted by molar-refractivity contribution is -0.124. The lowest BCUT2D eigenvalue weighted by atomic mass is 10.1. The normalized spacial score (nSPS) is 18.1. The molecule has 0 radical (unpaired) electrons. The minimum atomic E-state index is -0.372. The van der Waals surface area contributed by atoms with Gasteiger partial charge in [0.25, 0.3) is 5.91 Å². The molecule has 1 fully saturated rings. The van der Waals surface area contributed by atoms with Gasteiger partial charge in [0.1, 0.15) is 11.8 Å². The summed E-state index contributed by atoms with van der Waals surface area (Å²) in [4.78, 5) is 11.9. The molecular formula is C15H16N2O3. The van der Waals surface area contributed by atoms with Crippen molar-refractivity contribution >= 4 is 11.8 Å². The second-order valence-corrected chi connectivity index (χ2v) is 4.93. The van der Waals surface area contributed by atoms with Crippen LogP contribution in [-0.4, -0.2) is 23.8 Å². The van der Waals surface area contributed by atoms with Crippen LogP contribution >= 0.6 is 0 Å². The molecule has 1 aromatic heterocycles. The molecule has 0 bridgehead atoms. The van der Waals surface area contributed by atoms with Crippen LogP contribution < -0.4 is 5.32 Å². The highest BCUT2D eigenvalue weighted by atomic mass is 16.5. The molecular weight excluding hydrogens is 256 g/mol. The van der Waals surface area contributed by atoms with Gasteiger partial charge in [-0.3, -0.25) is 10.1 Å². The van der Waals surface area contributed by atoms with E-state index >= 15 is 0 Å². The van der Waals surface area contributed by atoms with Gasteiger partial charge in [0.2, 0.25) is 5.88 Å². The Hall–Kier alpha value is -2.14. The summed E-state index contributed by atoms with van der Waals surface area (Å²) in [6.45, 7) is 2.67. The molecule has 1 aromatic carbocycles. The molecule has 2 aromatic rings. The number of nitrogens with one attached hydrogen (secondary N) is 1. The predicted octanol–water partition coefficient (Wildman–Crippen LogP) is 2.77. The second kappa shape index (κ2) is 5.46. The minimum absolute atomic E-state index is 0.172. The molecule has 0 aliphatic carbocycles. The molecule has 1 N–H and O–H groups in total. The zero-order valence-electron chi connectivity index (χ0n) is 11.3. The first-order valence-electron chi connectivity index (χ1n) is 6.68. The first kappa shape index (κ1) is 12.9. The average Bonchev–Trinajstić information content (AvgIpc) is 3.10. The molecule has 0 unspecified atom stereocenters. The Morgan fingerprint density at radius 2 is 2.15 bits per heavy atom. The largest absolute Gasteiger partial charge is 0.368 e. The predicted molar refractivity (Wildman–Crippen MR) is 74.3 cm³/mol. The average molecular weight is 272 g/mol. The van der Waals surface area contributed by atoms with Crippen molar-refractivity contribution in [3.8, 4) is 11.3 Å². The van der Waals surface area contributed by atoms with Gasteiger partial charge >= 0.3 is 0 Å². The molecule has 1 saturated heterocycles. The summed E-state index contributed by atoms with van der Waals surface area (Å²) in [6, 6.07) is 9.68. The molecule has 1 aliphatic heterocycles. The summed E-state index contributed by atoms with van der Waals surface area (Å²) in [5.41, 5.74) is 2.84. The van der Waals surface area contributed by atoms with Crippen LogP contribution in [0.25, 0.3) is 11.3 Å². The summed E-state index contributed by atoms with van der Waals surface area (Å²) in [5, 5.41) is 6.66. The van der Waals surface area contributed by atoms with Crippen molar-refractivity contribution in [2.45, 2.75) is 25.9 Å². The molecule has 1 aliphatic rings. The fourth-order valence-corrected chi connectivity index (χ4v) is 2.18. The van der Waals surface area contributed by atoms with Crippen LogP contribution in [0.1, 0.15) is 18.4 Å². The van der Waals surface area contributed by atoms with Gasteiger partial charge in [-0.1, -0.05) is 35.0 Å². The van der Waals surface area contributed by atoms with E-state index in [2.05, 4.69) is 10.5 Å². The molecule has 2 heterocycles. The number of hydrogen-bond donors (Lipinski definition) is 1. The van der Waals surface area contributed by atoms with Crippen molar-refractivity contribution in [3.63, 3.8) is 0 Å². The minimum Gasteiger partial charge on any atom is -0.368 e. The summed E-state index contributed by atoms with van der Waals surface area (Å²) < 4.78 is 10.5. The van der Waals surface area contributed by atoms with Gasteiger partial charge in [-0.25, -0.2) is 0 Å². The van der Waals surface area contributed by atoms with Crippen LogP contribution in [-0.2, 0) is 9.53 Å². The molecule has 3 rings (SSSR count). The number of amides is 1. The number of aromatic nitrogens is 1. The summed E-state index contributed by atoms with van der Waals surface area (Å²) in [5.74, 6) is 0.176. The Kier molecular flexibility index (Phi) is 3.52. The maximum absolute atomic E-state index is 11.9. The van der Waals surface area contributed by atoms with E-state index in [-0.39, 0.29) is 12.0 Å². The van der Waals surface area contributed by atoms with E-state index in [1.54, 1.807) is 6.07 Å². The monoisotopic (exact) mass is 272 g/mol. The number of carbonyl (C=O) groups excluding carboxylic acids is 1. The Morgan fingerprint density at radius 1 is 1.35 bits per heavy atom. The van der Waals surface area contributed by atoms with Gasteiger partial charge in [-0.15, -0.1) is 0 Å². The van der Waals surface area contributed by atoms with E-state index in [1.807, 2.05) is 31.2 Å². The Labute approximate surface area is 116 Å². The SMILES string of the molecule is Cc1ccc(-c2cc(NC(=O)[C@H]3CCCO3)on2)cc1. The third kappa shape index (κ3) is 2.72. The van der Waals surface area contributed by atoms with Gasteiger partial charge in [0.05, 0.1) is 0 Å². The van der Waals surface area contributed by atoms with Crippen LogP contribution in [0.5, 0.6) is 0 Å². The number of anilines is 1. The number of benzene rings is 1. The number of ether oxygens (including phenoxy) is 1. The number of rotatable bonds is 3. The zero-order valence-corrected chi connectivity index (χ0v) is 11.3. The van der Waals surface area contributed by atoms with Crippen molar-refractivity contribution in [3.05, 3.63) is 35.9 Å². The Balaban J connectivity index is 1.70. The number of hydrogen-bond acceptors (Lipinski definition) is 4. The van der Waals surface area contributed by atoms with Crippen LogP contribution in [0.4, 0.5) is 5.88 Å². The summed E-state index contributed by atoms with van der Waals surface area (Å²) in [7, 11) is 0. The standard InChI is InChI=1S/C15H16N2O3/c1-10-4-6-11(7-5-10)12-9-14(20-17-12)16-15(18)13-3-2-8-19-13/h4-7,9,13H,2-3,8H2,1H3,(H,16,18)/t13-/m1/s1. The first-order valence-corrected chi connectivity index (χ1v) is 6.68. The molecule has 1 amide bonds. The zero-order chi connectivity index (χ0) is 13.9. The summed E-state index contributed by atoms with van der Waals surface area (Å²) in [6.07, 6.45) is 1.30. The topological polar surface area (TPSA) is 64.4 Å². The summed E-state index contributed by atoms with van der Waals surface area (Å²) >= 11 is 0. The number of aryl methyl sites for hydroxylation is 1. The van der Waals surface area contributed by atoms with E-state index in [0.717, 1.165) is 18.4 Å². The molecule has 5 heteroatoms. The van der Waals surface area contributed by atoms with Crippen molar-refractivity contribution in [1.29, 1.82) is 0 Å². The second-order valence-electron chi connectivity index (χ2n) is 4.93. The van der Waals surface area contributed by atoms with E-state index in [9.17, 15) is 4.79 Å². The van der Waals surface area contributed by atoms with Gasteiger partial charge in [-0.05, 0) is 19.8 Å². The Bertz CT molecular complexity index is 598. The molecule has 0 spiro atoms. The Morgan fingerprint density at radius 3 is 2.85 bits per heavy atom. The maximum atomic E-state index is 11.9. The van der Waals surface area contributed by atoms with E-state index < -0.39 is 0 Å². The van der Waals surface area contributed by atoms with Crippen molar-refractivity contribution in [2.24, 2.45) is 0 Å². The highest BCUT2D eigenvalue weighted by molar-refractivity contribution is 5.93. The highest BCUT2D eigenvalue weighted by Gasteiger charge is 2.24.